The SMILES string of the molecule is CC(C)(C)OC(=O)NCC1Cc2cc(Br)ccc2O1. The van der Waals surface area contributed by atoms with Gasteiger partial charge in [0.2, 0.25) is 0 Å². The van der Waals surface area contributed by atoms with Crippen LogP contribution < -0.4 is 10.1 Å². The number of alkyl carbamates (subject to hydrolysis) is 1. The van der Waals surface area contributed by atoms with E-state index >= 15 is 0 Å². The zero-order valence-corrected chi connectivity index (χ0v) is 12.9. The fourth-order valence-electron chi connectivity index (χ4n) is 1.91. The average molecular weight is 328 g/mol. The van der Waals surface area contributed by atoms with Crippen LogP contribution in [-0.4, -0.2) is 24.3 Å². The largest absolute Gasteiger partial charge is 0.488 e. The molecule has 0 spiro atoms. The maximum absolute atomic E-state index is 11.5. The van der Waals surface area contributed by atoms with Crippen LogP contribution >= 0.6 is 15.9 Å². The minimum absolute atomic E-state index is 0.0307. The summed E-state index contributed by atoms with van der Waals surface area (Å²) in [6.07, 6.45) is 0.356. The van der Waals surface area contributed by atoms with E-state index in [9.17, 15) is 4.79 Å². The van der Waals surface area contributed by atoms with Crippen molar-refractivity contribution >= 4 is 22.0 Å². The van der Waals surface area contributed by atoms with Crippen molar-refractivity contribution in [3.63, 3.8) is 0 Å². The van der Waals surface area contributed by atoms with Gasteiger partial charge in [-0.15, -0.1) is 0 Å². The number of rotatable bonds is 2. The van der Waals surface area contributed by atoms with Crippen LogP contribution in [0, 0.1) is 0 Å². The minimum atomic E-state index is -0.478. The molecule has 2 rings (SSSR count). The first-order valence-corrected chi connectivity index (χ1v) is 7.05. The quantitative estimate of drug-likeness (QED) is 0.906. The lowest BCUT2D eigenvalue weighted by molar-refractivity contribution is 0.0506. The molecule has 1 atom stereocenters. The molecular formula is C14H18BrNO3. The predicted molar refractivity (Wildman–Crippen MR) is 76.5 cm³/mol. The zero-order valence-electron chi connectivity index (χ0n) is 11.3. The Hall–Kier alpha value is -1.23. The molecule has 1 aromatic rings. The smallest absolute Gasteiger partial charge is 0.407 e. The lowest BCUT2D eigenvalue weighted by Crippen LogP contribution is -2.38. The van der Waals surface area contributed by atoms with E-state index in [1.807, 2.05) is 39.0 Å². The van der Waals surface area contributed by atoms with E-state index in [1.54, 1.807) is 0 Å². The number of amides is 1. The molecule has 1 aliphatic heterocycles. The molecule has 5 heteroatoms. The Morgan fingerprint density at radius 2 is 2.26 bits per heavy atom. The van der Waals surface area contributed by atoms with E-state index in [1.165, 1.54) is 0 Å². The Kier molecular flexibility index (Phi) is 4.04. The van der Waals surface area contributed by atoms with Gasteiger partial charge in [-0.3, -0.25) is 0 Å². The summed E-state index contributed by atoms with van der Waals surface area (Å²) in [5, 5.41) is 2.73. The number of carbonyl (C=O) groups is 1. The molecule has 104 valence electrons. The number of benzene rings is 1. The molecule has 0 saturated carbocycles. The van der Waals surface area contributed by atoms with Gasteiger partial charge in [-0.2, -0.15) is 0 Å². The molecule has 0 bridgehead atoms. The second-order valence-corrected chi connectivity index (χ2v) is 6.49. The van der Waals surface area contributed by atoms with Gasteiger partial charge >= 0.3 is 6.09 Å². The molecule has 1 heterocycles. The van der Waals surface area contributed by atoms with Gasteiger partial charge in [-0.05, 0) is 44.5 Å². The zero-order chi connectivity index (χ0) is 14.0. The summed E-state index contributed by atoms with van der Waals surface area (Å²) in [6, 6.07) is 5.93. The van der Waals surface area contributed by atoms with E-state index in [-0.39, 0.29) is 6.10 Å². The van der Waals surface area contributed by atoms with Crippen molar-refractivity contribution in [2.24, 2.45) is 0 Å². The Bertz CT molecular complexity index is 482. The van der Waals surface area contributed by atoms with Gasteiger partial charge in [0.25, 0.3) is 0 Å². The number of carbonyl (C=O) groups excluding carboxylic acids is 1. The van der Waals surface area contributed by atoms with Crippen molar-refractivity contribution in [3.05, 3.63) is 28.2 Å². The van der Waals surface area contributed by atoms with E-state index in [0.717, 1.165) is 22.2 Å². The van der Waals surface area contributed by atoms with Crippen LogP contribution in [0.2, 0.25) is 0 Å². The van der Waals surface area contributed by atoms with Gasteiger partial charge in [0.05, 0.1) is 6.54 Å². The molecule has 1 unspecified atom stereocenters. The highest BCUT2D eigenvalue weighted by Crippen LogP contribution is 2.30. The van der Waals surface area contributed by atoms with Crippen LogP contribution in [0.1, 0.15) is 26.3 Å². The minimum Gasteiger partial charge on any atom is -0.488 e. The summed E-state index contributed by atoms with van der Waals surface area (Å²) in [5.41, 5.74) is 0.680. The van der Waals surface area contributed by atoms with Crippen molar-refractivity contribution in [1.29, 1.82) is 0 Å². The van der Waals surface area contributed by atoms with Gasteiger partial charge in [-0.1, -0.05) is 15.9 Å². The second kappa shape index (κ2) is 5.41. The monoisotopic (exact) mass is 327 g/mol. The lowest BCUT2D eigenvalue weighted by Gasteiger charge is -2.20. The third-order valence-corrected chi connectivity index (χ3v) is 3.13. The van der Waals surface area contributed by atoms with Crippen molar-refractivity contribution in [3.8, 4) is 5.75 Å². The molecule has 0 radical (unpaired) electrons. The summed E-state index contributed by atoms with van der Waals surface area (Å²) >= 11 is 3.43. The molecular weight excluding hydrogens is 310 g/mol. The predicted octanol–water partition coefficient (Wildman–Crippen LogP) is 3.28. The lowest BCUT2D eigenvalue weighted by atomic mass is 10.1. The number of ether oxygens (including phenoxy) is 2. The first-order chi connectivity index (χ1) is 8.83. The third-order valence-electron chi connectivity index (χ3n) is 2.64. The second-order valence-electron chi connectivity index (χ2n) is 5.58. The molecule has 4 nitrogen and oxygen atoms in total. The van der Waals surface area contributed by atoms with Gasteiger partial charge < -0.3 is 14.8 Å². The Morgan fingerprint density at radius 3 is 2.95 bits per heavy atom. The highest BCUT2D eigenvalue weighted by atomic mass is 79.9. The van der Waals surface area contributed by atoms with Crippen molar-refractivity contribution in [1.82, 2.24) is 5.32 Å². The van der Waals surface area contributed by atoms with Crippen LogP contribution in [0.5, 0.6) is 5.75 Å². The highest BCUT2D eigenvalue weighted by Gasteiger charge is 2.24. The molecule has 1 N–H and O–H groups in total. The van der Waals surface area contributed by atoms with Gasteiger partial charge in [-0.25, -0.2) is 4.79 Å². The summed E-state index contributed by atoms with van der Waals surface area (Å²) in [7, 11) is 0. The van der Waals surface area contributed by atoms with Gasteiger partial charge in [0.1, 0.15) is 17.5 Å². The Labute approximate surface area is 121 Å². The average Bonchev–Trinajstić information content (AvgIpc) is 2.66. The maximum Gasteiger partial charge on any atom is 0.407 e. The van der Waals surface area contributed by atoms with Crippen molar-refractivity contribution in [2.75, 3.05) is 6.54 Å². The van der Waals surface area contributed by atoms with E-state index in [4.69, 9.17) is 9.47 Å². The van der Waals surface area contributed by atoms with Crippen LogP contribution in [0.15, 0.2) is 22.7 Å². The van der Waals surface area contributed by atoms with E-state index in [2.05, 4.69) is 21.2 Å². The molecule has 0 fully saturated rings. The molecule has 19 heavy (non-hydrogen) atoms. The summed E-state index contributed by atoms with van der Waals surface area (Å²) in [4.78, 5) is 11.5. The third kappa shape index (κ3) is 4.13. The Balaban J connectivity index is 1.83. The van der Waals surface area contributed by atoms with Gasteiger partial charge in [0, 0.05) is 10.9 Å². The molecule has 1 amide bonds. The fourth-order valence-corrected chi connectivity index (χ4v) is 2.32. The maximum atomic E-state index is 11.5. The topological polar surface area (TPSA) is 47.6 Å². The standard InChI is InChI=1S/C14H18BrNO3/c1-14(2,3)19-13(17)16-8-11-7-9-6-10(15)4-5-12(9)18-11/h4-6,11H,7-8H2,1-3H3,(H,16,17). The van der Waals surface area contributed by atoms with Crippen LogP contribution in [0.25, 0.3) is 0 Å². The van der Waals surface area contributed by atoms with Crippen molar-refractivity contribution < 1.29 is 14.3 Å². The normalized spacial score (nSPS) is 17.6. The molecule has 0 aliphatic carbocycles. The number of hydrogen-bond donors (Lipinski definition) is 1. The first-order valence-electron chi connectivity index (χ1n) is 6.25. The van der Waals surface area contributed by atoms with Crippen LogP contribution in [0.3, 0.4) is 0 Å². The first kappa shape index (κ1) is 14.2. The van der Waals surface area contributed by atoms with Crippen LogP contribution in [-0.2, 0) is 11.2 Å². The number of hydrogen-bond acceptors (Lipinski definition) is 3. The summed E-state index contributed by atoms with van der Waals surface area (Å²) in [5.74, 6) is 0.888. The number of fused-ring (bicyclic) bond motifs is 1. The number of nitrogens with one attached hydrogen (secondary N) is 1. The molecule has 1 aliphatic rings. The number of halogens is 1. The summed E-state index contributed by atoms with van der Waals surface area (Å²) < 4.78 is 12.0. The van der Waals surface area contributed by atoms with E-state index < -0.39 is 11.7 Å². The Morgan fingerprint density at radius 1 is 1.53 bits per heavy atom. The summed E-state index contributed by atoms with van der Waals surface area (Å²) in [6.45, 7) is 5.96. The van der Waals surface area contributed by atoms with Crippen molar-refractivity contribution in [2.45, 2.75) is 38.9 Å². The molecule has 0 aromatic heterocycles. The highest BCUT2D eigenvalue weighted by molar-refractivity contribution is 9.10. The fraction of sp³-hybridized carbons (Fsp3) is 0.500. The van der Waals surface area contributed by atoms with Crippen LogP contribution in [0.4, 0.5) is 4.79 Å². The van der Waals surface area contributed by atoms with E-state index in [0.29, 0.717) is 6.54 Å². The molecule has 1 aromatic carbocycles. The van der Waals surface area contributed by atoms with Gasteiger partial charge in [0.15, 0.2) is 0 Å². The molecule has 0 saturated heterocycles.